The summed E-state index contributed by atoms with van der Waals surface area (Å²) < 4.78 is 32.6. The lowest BCUT2D eigenvalue weighted by atomic mass is 10.0. The number of aryl methyl sites for hydroxylation is 1. The Labute approximate surface area is 185 Å². The van der Waals surface area contributed by atoms with Crippen LogP contribution in [-0.2, 0) is 13.0 Å². The van der Waals surface area contributed by atoms with E-state index in [1.807, 2.05) is 24.3 Å². The SMILES string of the molecule is COc1cccc(CNCC(O)C(Cc2cc(F)cc(F)c2)Nc2cc(C)nc(N)n2)c1. The van der Waals surface area contributed by atoms with Crippen LogP contribution in [0.5, 0.6) is 5.75 Å². The number of nitrogen functional groups attached to an aromatic ring is 1. The fourth-order valence-electron chi connectivity index (χ4n) is 3.41. The van der Waals surface area contributed by atoms with Crippen molar-refractivity contribution >= 4 is 11.8 Å². The van der Waals surface area contributed by atoms with Crippen molar-refractivity contribution in [2.45, 2.75) is 32.0 Å². The lowest BCUT2D eigenvalue weighted by Gasteiger charge is -2.25. The quantitative estimate of drug-likeness (QED) is 0.382. The predicted octanol–water partition coefficient (Wildman–Crippen LogP) is 2.83. The average Bonchev–Trinajstić information content (AvgIpc) is 2.72. The first-order valence-electron chi connectivity index (χ1n) is 10.2. The molecule has 2 unspecified atom stereocenters. The van der Waals surface area contributed by atoms with Gasteiger partial charge in [-0.15, -0.1) is 0 Å². The summed E-state index contributed by atoms with van der Waals surface area (Å²) in [6.45, 7) is 2.51. The first-order valence-corrected chi connectivity index (χ1v) is 10.2. The van der Waals surface area contributed by atoms with E-state index in [9.17, 15) is 13.9 Å². The van der Waals surface area contributed by atoms with E-state index in [4.69, 9.17) is 10.5 Å². The van der Waals surface area contributed by atoms with E-state index in [1.165, 1.54) is 12.1 Å². The highest BCUT2D eigenvalue weighted by Crippen LogP contribution is 2.17. The van der Waals surface area contributed by atoms with Crippen LogP contribution in [0.2, 0.25) is 0 Å². The van der Waals surface area contributed by atoms with Gasteiger partial charge < -0.3 is 26.2 Å². The van der Waals surface area contributed by atoms with Gasteiger partial charge in [0.05, 0.1) is 19.3 Å². The van der Waals surface area contributed by atoms with Gasteiger partial charge in [0.2, 0.25) is 5.95 Å². The number of nitrogens with one attached hydrogen (secondary N) is 2. The van der Waals surface area contributed by atoms with Crippen molar-refractivity contribution in [3.63, 3.8) is 0 Å². The largest absolute Gasteiger partial charge is 0.497 e. The molecule has 2 atom stereocenters. The van der Waals surface area contributed by atoms with E-state index >= 15 is 0 Å². The topological polar surface area (TPSA) is 105 Å². The first-order chi connectivity index (χ1) is 15.3. The third-order valence-corrected chi connectivity index (χ3v) is 4.86. The molecule has 3 rings (SSSR count). The van der Waals surface area contributed by atoms with Gasteiger partial charge in [0.1, 0.15) is 23.2 Å². The molecule has 0 aliphatic heterocycles. The molecule has 2 aromatic carbocycles. The number of ether oxygens (including phenoxy) is 1. The Bertz CT molecular complexity index is 957. The summed E-state index contributed by atoms with van der Waals surface area (Å²) in [5.41, 5.74) is 7.78. The Hall–Kier alpha value is -3.30. The van der Waals surface area contributed by atoms with Crippen LogP contribution in [0, 0.1) is 18.6 Å². The molecule has 0 saturated carbocycles. The molecule has 9 heteroatoms. The number of rotatable bonds is 10. The highest BCUT2D eigenvalue weighted by atomic mass is 19.1. The zero-order valence-corrected chi connectivity index (χ0v) is 18.0. The maximum atomic E-state index is 13.7. The minimum absolute atomic E-state index is 0.0914. The van der Waals surface area contributed by atoms with Gasteiger partial charge in [-0.3, -0.25) is 0 Å². The van der Waals surface area contributed by atoms with Gasteiger partial charge in [-0.25, -0.2) is 13.8 Å². The molecule has 1 heterocycles. The Balaban J connectivity index is 1.72. The molecule has 0 saturated heterocycles. The Morgan fingerprint density at radius 3 is 2.50 bits per heavy atom. The van der Waals surface area contributed by atoms with Gasteiger partial charge >= 0.3 is 0 Å². The summed E-state index contributed by atoms with van der Waals surface area (Å²) in [7, 11) is 1.60. The van der Waals surface area contributed by atoms with Crippen LogP contribution in [0.15, 0.2) is 48.5 Å². The van der Waals surface area contributed by atoms with Crippen LogP contribution in [-0.4, -0.2) is 40.9 Å². The number of nitrogens with zero attached hydrogens (tertiary/aromatic N) is 2. The van der Waals surface area contributed by atoms with Gasteiger partial charge in [-0.1, -0.05) is 12.1 Å². The number of nitrogens with two attached hydrogens (primary N) is 1. The minimum Gasteiger partial charge on any atom is -0.497 e. The molecule has 5 N–H and O–H groups in total. The molecule has 0 amide bonds. The Kier molecular flexibility index (Phi) is 7.91. The predicted molar refractivity (Wildman–Crippen MR) is 119 cm³/mol. The van der Waals surface area contributed by atoms with Gasteiger partial charge in [0.25, 0.3) is 0 Å². The van der Waals surface area contributed by atoms with Gasteiger partial charge in [-0.2, -0.15) is 4.98 Å². The van der Waals surface area contributed by atoms with Gasteiger partial charge in [0.15, 0.2) is 0 Å². The second-order valence-electron chi connectivity index (χ2n) is 7.54. The molecule has 0 bridgehead atoms. The highest BCUT2D eigenvalue weighted by molar-refractivity contribution is 5.42. The number of aliphatic hydroxyl groups is 1. The van der Waals surface area contributed by atoms with Crippen LogP contribution >= 0.6 is 0 Å². The first kappa shape index (κ1) is 23.4. The maximum Gasteiger partial charge on any atom is 0.222 e. The number of hydrogen-bond donors (Lipinski definition) is 4. The summed E-state index contributed by atoms with van der Waals surface area (Å²) >= 11 is 0. The fraction of sp³-hybridized carbons (Fsp3) is 0.304. The van der Waals surface area contributed by atoms with Crippen LogP contribution in [0.1, 0.15) is 16.8 Å². The summed E-state index contributed by atoms with van der Waals surface area (Å²) in [5.74, 6) is -0.0929. The van der Waals surface area contributed by atoms with Crippen molar-refractivity contribution in [2.75, 3.05) is 24.7 Å². The minimum atomic E-state index is -0.900. The number of aliphatic hydroxyl groups excluding tert-OH is 1. The molecule has 7 nitrogen and oxygen atoms in total. The Morgan fingerprint density at radius 1 is 1.06 bits per heavy atom. The molecule has 1 aromatic heterocycles. The molecule has 170 valence electrons. The van der Waals surface area contributed by atoms with Crippen LogP contribution in [0.4, 0.5) is 20.5 Å². The van der Waals surface area contributed by atoms with Crippen LogP contribution in [0.3, 0.4) is 0 Å². The molecule has 0 aliphatic rings. The molecular weight excluding hydrogens is 416 g/mol. The number of anilines is 2. The highest BCUT2D eigenvalue weighted by Gasteiger charge is 2.21. The van der Waals surface area contributed by atoms with E-state index < -0.39 is 23.8 Å². The monoisotopic (exact) mass is 443 g/mol. The lowest BCUT2D eigenvalue weighted by molar-refractivity contribution is 0.148. The molecule has 3 aromatic rings. The van der Waals surface area contributed by atoms with Crippen molar-refractivity contribution in [3.05, 3.63) is 77.0 Å². The van der Waals surface area contributed by atoms with E-state index in [2.05, 4.69) is 20.6 Å². The molecule has 0 fully saturated rings. The lowest BCUT2D eigenvalue weighted by Crippen LogP contribution is -2.42. The van der Waals surface area contributed by atoms with Crippen molar-refractivity contribution < 1.29 is 18.6 Å². The summed E-state index contributed by atoms with van der Waals surface area (Å²) in [4.78, 5) is 8.18. The normalized spacial score (nSPS) is 12.9. The third kappa shape index (κ3) is 6.86. The molecule has 32 heavy (non-hydrogen) atoms. The van der Waals surface area contributed by atoms with Crippen molar-refractivity contribution in [3.8, 4) is 5.75 Å². The van der Waals surface area contributed by atoms with E-state index in [1.54, 1.807) is 20.1 Å². The third-order valence-electron chi connectivity index (χ3n) is 4.86. The number of hydrogen-bond acceptors (Lipinski definition) is 7. The van der Waals surface area contributed by atoms with Crippen molar-refractivity contribution in [1.82, 2.24) is 15.3 Å². The van der Waals surface area contributed by atoms with E-state index in [0.717, 1.165) is 17.4 Å². The summed E-state index contributed by atoms with van der Waals surface area (Å²) in [6, 6.07) is 12.0. The molecular formula is C23H27F2N5O2. The molecule has 0 aliphatic carbocycles. The zero-order chi connectivity index (χ0) is 23.1. The van der Waals surface area contributed by atoms with Crippen LogP contribution in [0.25, 0.3) is 0 Å². The number of aromatic nitrogens is 2. The number of benzene rings is 2. The van der Waals surface area contributed by atoms with Crippen LogP contribution < -0.4 is 21.1 Å². The maximum absolute atomic E-state index is 13.7. The second-order valence-corrected chi connectivity index (χ2v) is 7.54. The summed E-state index contributed by atoms with van der Waals surface area (Å²) in [5, 5.41) is 17.2. The van der Waals surface area contributed by atoms with Gasteiger partial charge in [0, 0.05) is 30.9 Å². The van der Waals surface area contributed by atoms with Gasteiger partial charge in [-0.05, 0) is 48.7 Å². The van der Waals surface area contributed by atoms with E-state index in [-0.39, 0.29) is 18.9 Å². The zero-order valence-electron chi connectivity index (χ0n) is 18.0. The van der Waals surface area contributed by atoms with Crippen molar-refractivity contribution in [2.24, 2.45) is 0 Å². The molecule has 0 spiro atoms. The number of methoxy groups -OCH3 is 1. The van der Waals surface area contributed by atoms with Crippen molar-refractivity contribution in [1.29, 1.82) is 0 Å². The average molecular weight is 443 g/mol. The van der Waals surface area contributed by atoms with E-state index in [0.29, 0.717) is 23.6 Å². The smallest absolute Gasteiger partial charge is 0.222 e. The molecule has 0 radical (unpaired) electrons. The second kappa shape index (κ2) is 10.8. The Morgan fingerprint density at radius 2 is 1.81 bits per heavy atom. The fourth-order valence-corrected chi connectivity index (χ4v) is 3.41. The standard InChI is InChI=1S/C23H27F2N5O2/c1-14-6-22(30-23(26)28-14)29-20(10-16-7-17(24)11-18(25)8-16)21(31)13-27-12-15-4-3-5-19(9-15)32-2/h3-9,11,20-21,27,31H,10,12-13H2,1-2H3,(H3,26,28,29,30). The summed E-state index contributed by atoms with van der Waals surface area (Å²) in [6.07, 6.45) is -0.733. The number of halogens is 2.